The fourth-order valence-corrected chi connectivity index (χ4v) is 3.25. The van der Waals surface area contributed by atoms with Crippen LogP contribution in [0.3, 0.4) is 0 Å². The molecule has 0 aliphatic heterocycles. The van der Waals surface area contributed by atoms with E-state index in [1.54, 1.807) is 26.0 Å². The van der Waals surface area contributed by atoms with Crippen molar-refractivity contribution in [2.75, 3.05) is 6.61 Å². The van der Waals surface area contributed by atoms with Crippen molar-refractivity contribution in [2.24, 2.45) is 0 Å². The molecule has 0 saturated heterocycles. The Morgan fingerprint density at radius 2 is 1.85 bits per heavy atom. The molecule has 0 unspecified atom stereocenters. The standard InChI is InChI=1S/C15H25NO3S/c1-7-19-13-9-8-12(15(4,5)6)10-14(13)20(17,18)16-11(2)3/h8-11,16H,7H2,1-6H3. The Morgan fingerprint density at radius 3 is 2.30 bits per heavy atom. The first-order valence-electron chi connectivity index (χ1n) is 6.87. The minimum Gasteiger partial charge on any atom is -0.492 e. The van der Waals surface area contributed by atoms with Gasteiger partial charge in [0.15, 0.2) is 0 Å². The second-order valence-corrected chi connectivity index (χ2v) is 7.80. The van der Waals surface area contributed by atoms with Gasteiger partial charge in [0.1, 0.15) is 10.6 Å². The number of nitrogens with one attached hydrogen (secondary N) is 1. The van der Waals surface area contributed by atoms with Gasteiger partial charge < -0.3 is 4.74 Å². The Hall–Kier alpha value is -1.07. The molecule has 0 bridgehead atoms. The van der Waals surface area contributed by atoms with Crippen molar-refractivity contribution in [3.63, 3.8) is 0 Å². The van der Waals surface area contributed by atoms with Gasteiger partial charge in [-0.05, 0) is 43.9 Å². The van der Waals surface area contributed by atoms with E-state index in [-0.39, 0.29) is 16.4 Å². The summed E-state index contributed by atoms with van der Waals surface area (Å²) in [5, 5.41) is 0. The van der Waals surface area contributed by atoms with Gasteiger partial charge in [0.05, 0.1) is 6.61 Å². The van der Waals surface area contributed by atoms with Crippen molar-refractivity contribution in [3.05, 3.63) is 23.8 Å². The van der Waals surface area contributed by atoms with Gasteiger partial charge in [-0.25, -0.2) is 13.1 Å². The molecule has 0 spiro atoms. The van der Waals surface area contributed by atoms with Gasteiger partial charge in [-0.15, -0.1) is 0 Å². The second-order valence-electron chi connectivity index (χ2n) is 6.12. The van der Waals surface area contributed by atoms with Crippen LogP contribution in [0.1, 0.15) is 47.1 Å². The van der Waals surface area contributed by atoms with Crippen molar-refractivity contribution in [3.8, 4) is 5.75 Å². The maximum atomic E-state index is 12.4. The number of sulfonamides is 1. The molecule has 0 aliphatic rings. The molecule has 0 fully saturated rings. The Kier molecular flexibility index (Phi) is 5.21. The van der Waals surface area contributed by atoms with E-state index in [9.17, 15) is 8.42 Å². The first-order chi connectivity index (χ1) is 9.08. The van der Waals surface area contributed by atoms with E-state index in [0.717, 1.165) is 5.56 Å². The molecule has 0 atom stereocenters. The number of hydrogen-bond donors (Lipinski definition) is 1. The van der Waals surface area contributed by atoms with Crippen LogP contribution in [-0.4, -0.2) is 21.1 Å². The summed E-state index contributed by atoms with van der Waals surface area (Å²) in [5.41, 5.74) is 0.845. The summed E-state index contributed by atoms with van der Waals surface area (Å²) in [6.07, 6.45) is 0. The molecule has 0 heterocycles. The fraction of sp³-hybridized carbons (Fsp3) is 0.600. The minimum absolute atomic E-state index is 0.118. The molecule has 1 aromatic carbocycles. The average molecular weight is 299 g/mol. The molecule has 0 aromatic heterocycles. The SMILES string of the molecule is CCOc1ccc(C(C)(C)C)cc1S(=O)(=O)NC(C)C. The third-order valence-corrected chi connectivity index (χ3v) is 4.47. The first-order valence-corrected chi connectivity index (χ1v) is 8.36. The van der Waals surface area contributed by atoms with Gasteiger partial charge >= 0.3 is 0 Å². The number of ether oxygens (including phenoxy) is 1. The van der Waals surface area contributed by atoms with Crippen LogP contribution in [-0.2, 0) is 15.4 Å². The molecule has 0 saturated carbocycles. The summed E-state index contributed by atoms with van der Waals surface area (Å²) in [7, 11) is -3.57. The third-order valence-electron chi connectivity index (χ3n) is 2.79. The molecule has 0 radical (unpaired) electrons. The van der Waals surface area contributed by atoms with E-state index in [0.29, 0.717) is 12.4 Å². The Bertz CT molecular complexity index is 557. The van der Waals surface area contributed by atoms with Gasteiger partial charge in [-0.3, -0.25) is 0 Å². The fourth-order valence-electron chi connectivity index (χ4n) is 1.83. The van der Waals surface area contributed by atoms with Crippen molar-refractivity contribution < 1.29 is 13.2 Å². The van der Waals surface area contributed by atoms with Gasteiger partial charge in [0, 0.05) is 6.04 Å². The lowest BCUT2D eigenvalue weighted by Gasteiger charge is -2.21. The quantitative estimate of drug-likeness (QED) is 0.909. The lowest BCUT2D eigenvalue weighted by molar-refractivity contribution is 0.330. The van der Waals surface area contributed by atoms with E-state index < -0.39 is 10.0 Å². The molecule has 114 valence electrons. The third kappa shape index (κ3) is 4.21. The van der Waals surface area contributed by atoms with E-state index in [2.05, 4.69) is 25.5 Å². The van der Waals surface area contributed by atoms with Crippen LogP contribution < -0.4 is 9.46 Å². The summed E-state index contributed by atoms with van der Waals surface area (Å²) < 4.78 is 32.9. The normalized spacial score (nSPS) is 12.8. The molecule has 1 rings (SSSR count). The number of rotatable bonds is 5. The molecule has 0 amide bonds. The summed E-state index contributed by atoms with van der Waals surface area (Å²) in [6.45, 7) is 12.0. The highest BCUT2D eigenvalue weighted by Crippen LogP contribution is 2.31. The highest BCUT2D eigenvalue weighted by molar-refractivity contribution is 7.89. The van der Waals surface area contributed by atoms with Gasteiger partial charge in [-0.2, -0.15) is 0 Å². The molecule has 20 heavy (non-hydrogen) atoms. The number of benzene rings is 1. The second kappa shape index (κ2) is 6.14. The summed E-state index contributed by atoms with van der Waals surface area (Å²) in [6, 6.07) is 5.20. The predicted molar refractivity (Wildman–Crippen MR) is 81.8 cm³/mol. The molecule has 4 nitrogen and oxygen atoms in total. The Labute approximate surface area is 122 Å². The van der Waals surface area contributed by atoms with Crippen LogP contribution in [0.15, 0.2) is 23.1 Å². The van der Waals surface area contributed by atoms with Crippen LogP contribution >= 0.6 is 0 Å². The van der Waals surface area contributed by atoms with Gasteiger partial charge in [0.25, 0.3) is 0 Å². The van der Waals surface area contributed by atoms with Crippen LogP contribution in [0.5, 0.6) is 5.75 Å². The predicted octanol–water partition coefficient (Wildman–Crippen LogP) is 3.07. The van der Waals surface area contributed by atoms with Crippen LogP contribution in [0.2, 0.25) is 0 Å². The minimum atomic E-state index is -3.57. The number of hydrogen-bond acceptors (Lipinski definition) is 3. The highest BCUT2D eigenvalue weighted by atomic mass is 32.2. The summed E-state index contributed by atoms with van der Waals surface area (Å²) in [5.74, 6) is 0.397. The van der Waals surface area contributed by atoms with Crippen molar-refractivity contribution in [2.45, 2.75) is 57.9 Å². The molecule has 1 N–H and O–H groups in total. The monoisotopic (exact) mass is 299 g/mol. The zero-order valence-corrected chi connectivity index (χ0v) is 14.0. The summed E-state index contributed by atoms with van der Waals surface area (Å²) >= 11 is 0. The zero-order valence-electron chi connectivity index (χ0n) is 13.1. The maximum Gasteiger partial charge on any atom is 0.244 e. The van der Waals surface area contributed by atoms with E-state index >= 15 is 0 Å². The summed E-state index contributed by atoms with van der Waals surface area (Å²) in [4.78, 5) is 0.209. The Morgan fingerprint density at radius 1 is 1.25 bits per heavy atom. The average Bonchev–Trinajstić information content (AvgIpc) is 2.26. The largest absolute Gasteiger partial charge is 0.492 e. The molecule has 1 aromatic rings. The van der Waals surface area contributed by atoms with E-state index in [1.165, 1.54) is 0 Å². The van der Waals surface area contributed by atoms with E-state index in [4.69, 9.17) is 4.74 Å². The molecule has 5 heteroatoms. The van der Waals surface area contributed by atoms with Crippen molar-refractivity contribution in [1.29, 1.82) is 0 Å². The topological polar surface area (TPSA) is 55.4 Å². The molecular formula is C15H25NO3S. The van der Waals surface area contributed by atoms with Crippen LogP contribution in [0.4, 0.5) is 0 Å². The molecular weight excluding hydrogens is 274 g/mol. The Balaban J connectivity index is 3.40. The lowest BCUT2D eigenvalue weighted by atomic mass is 9.87. The highest BCUT2D eigenvalue weighted by Gasteiger charge is 2.24. The van der Waals surface area contributed by atoms with Gasteiger partial charge in [-0.1, -0.05) is 26.8 Å². The zero-order chi connectivity index (χ0) is 15.6. The lowest BCUT2D eigenvalue weighted by Crippen LogP contribution is -2.31. The van der Waals surface area contributed by atoms with Crippen LogP contribution in [0.25, 0.3) is 0 Å². The maximum absolute atomic E-state index is 12.4. The van der Waals surface area contributed by atoms with E-state index in [1.807, 2.05) is 13.0 Å². The first kappa shape index (κ1) is 17.0. The molecule has 0 aliphatic carbocycles. The van der Waals surface area contributed by atoms with Crippen LogP contribution in [0, 0.1) is 0 Å². The smallest absolute Gasteiger partial charge is 0.244 e. The van der Waals surface area contributed by atoms with Crippen molar-refractivity contribution in [1.82, 2.24) is 4.72 Å². The van der Waals surface area contributed by atoms with Gasteiger partial charge in [0.2, 0.25) is 10.0 Å². The van der Waals surface area contributed by atoms with Crippen molar-refractivity contribution >= 4 is 10.0 Å².